The number of carbonyl (C=O) groups excluding carboxylic acids is 1. The smallest absolute Gasteiger partial charge is 0.168 e. The number of carbonyl (C=O) groups is 1. The minimum absolute atomic E-state index is 0.00551. The van der Waals surface area contributed by atoms with Gasteiger partial charge in [-0.1, -0.05) is 26.8 Å². The lowest BCUT2D eigenvalue weighted by molar-refractivity contribution is -0.117. The van der Waals surface area contributed by atoms with Crippen molar-refractivity contribution in [3.05, 3.63) is 35.1 Å². The third-order valence-corrected chi connectivity index (χ3v) is 4.79. The Morgan fingerprint density at radius 1 is 1.11 bits per heavy atom. The normalized spacial score (nSPS) is 19.6. The van der Waals surface area contributed by atoms with Crippen molar-refractivity contribution in [1.82, 2.24) is 0 Å². The van der Waals surface area contributed by atoms with E-state index < -0.39 is 0 Å². The Morgan fingerprint density at radius 3 is 2.43 bits per heavy atom. The average Bonchev–Trinajstić information content (AvgIpc) is 2.62. The van der Waals surface area contributed by atoms with E-state index >= 15 is 0 Å². The second-order valence-electron chi connectivity index (χ2n) is 7.84. The number of aliphatic hydroxyl groups is 1. The molecular weight excluding hydrogens is 354 g/mol. The van der Waals surface area contributed by atoms with Crippen LogP contribution in [-0.2, 0) is 11.2 Å². The second-order valence-corrected chi connectivity index (χ2v) is 7.84. The highest BCUT2D eigenvalue weighted by molar-refractivity contribution is 6.24. The van der Waals surface area contributed by atoms with Gasteiger partial charge in [0.25, 0.3) is 0 Å². The zero-order valence-corrected chi connectivity index (χ0v) is 17.8. The number of ketones is 1. The molecule has 28 heavy (non-hydrogen) atoms. The number of allylic oxidation sites excluding steroid dienone is 2. The monoisotopic (exact) mass is 387 g/mol. The topological polar surface area (TPSA) is 68.1 Å². The average molecular weight is 388 g/mol. The van der Waals surface area contributed by atoms with Crippen molar-refractivity contribution in [3.8, 4) is 11.5 Å². The minimum atomic E-state index is -0.130. The Morgan fingerprint density at radius 2 is 1.79 bits per heavy atom. The molecule has 0 atom stereocenters. The molecule has 1 fully saturated rings. The quantitative estimate of drug-likeness (QED) is 0.499. The van der Waals surface area contributed by atoms with Gasteiger partial charge in [-0.05, 0) is 49.8 Å². The molecule has 1 N–H and O–H groups in total. The highest BCUT2D eigenvalue weighted by Crippen LogP contribution is 2.35. The summed E-state index contributed by atoms with van der Waals surface area (Å²) in [6.07, 6.45) is 2.32. The van der Waals surface area contributed by atoms with E-state index in [-0.39, 0.29) is 17.0 Å². The van der Waals surface area contributed by atoms with Gasteiger partial charge in [-0.25, -0.2) is 0 Å². The van der Waals surface area contributed by atoms with Gasteiger partial charge in [0.2, 0.25) is 0 Å². The molecule has 0 aromatic heterocycles. The van der Waals surface area contributed by atoms with E-state index in [1.54, 1.807) is 0 Å². The van der Waals surface area contributed by atoms with E-state index in [0.717, 1.165) is 29.2 Å². The number of rotatable bonds is 8. The Balaban J connectivity index is 2.19. The van der Waals surface area contributed by atoms with Gasteiger partial charge in [0.1, 0.15) is 5.76 Å². The van der Waals surface area contributed by atoms with Gasteiger partial charge in [0, 0.05) is 25.1 Å². The van der Waals surface area contributed by atoms with Crippen molar-refractivity contribution in [2.24, 2.45) is 10.4 Å². The summed E-state index contributed by atoms with van der Waals surface area (Å²) in [5.41, 5.74) is 2.14. The Labute approximate surface area is 168 Å². The molecule has 0 saturated heterocycles. The molecule has 5 nitrogen and oxygen atoms in total. The standard InChI is InChI=1S/C23H33NO4/c1-6-18(25)22-17(14-23(4,5)15-19(22)26)24-12-11-16-9-10-20(27-7-2)21(13-16)28-8-3/h9-10,13,25H,6-8,11-12,14-15H2,1-5H3. The van der Waals surface area contributed by atoms with Crippen LogP contribution in [0.2, 0.25) is 0 Å². The number of Topliss-reactive ketones (excluding diaryl/α,β-unsaturated/α-hetero) is 1. The van der Waals surface area contributed by atoms with Gasteiger partial charge < -0.3 is 14.6 Å². The maximum atomic E-state index is 12.5. The maximum Gasteiger partial charge on any atom is 0.168 e. The number of aliphatic imine (C=N–C) groups is 1. The van der Waals surface area contributed by atoms with Crippen LogP contribution in [0.1, 0.15) is 59.4 Å². The van der Waals surface area contributed by atoms with Crippen LogP contribution in [0.15, 0.2) is 34.5 Å². The first-order chi connectivity index (χ1) is 13.3. The van der Waals surface area contributed by atoms with Crippen LogP contribution in [0.4, 0.5) is 0 Å². The summed E-state index contributed by atoms with van der Waals surface area (Å²) >= 11 is 0. The fraction of sp³-hybridized carbons (Fsp3) is 0.565. The van der Waals surface area contributed by atoms with Crippen LogP contribution < -0.4 is 9.47 Å². The molecule has 1 saturated carbocycles. The Bertz CT molecular complexity index is 762. The van der Waals surface area contributed by atoms with Crippen molar-refractivity contribution in [1.29, 1.82) is 0 Å². The molecule has 1 aromatic carbocycles. The van der Waals surface area contributed by atoms with E-state index in [9.17, 15) is 9.90 Å². The first kappa shape index (κ1) is 22.0. The summed E-state index contributed by atoms with van der Waals surface area (Å²) in [4.78, 5) is 17.3. The molecule has 0 radical (unpaired) electrons. The number of benzene rings is 1. The largest absolute Gasteiger partial charge is 0.512 e. The lowest BCUT2D eigenvalue weighted by Crippen LogP contribution is -2.32. The molecule has 0 amide bonds. The molecule has 0 spiro atoms. The summed E-state index contributed by atoms with van der Waals surface area (Å²) < 4.78 is 11.3. The van der Waals surface area contributed by atoms with Crippen LogP contribution >= 0.6 is 0 Å². The highest BCUT2D eigenvalue weighted by Gasteiger charge is 2.35. The van der Waals surface area contributed by atoms with Crippen molar-refractivity contribution in [3.63, 3.8) is 0 Å². The molecule has 1 aromatic rings. The van der Waals surface area contributed by atoms with E-state index in [1.165, 1.54) is 0 Å². The van der Waals surface area contributed by atoms with Crippen molar-refractivity contribution in [2.45, 2.75) is 60.3 Å². The highest BCUT2D eigenvalue weighted by atomic mass is 16.5. The molecular formula is C23H33NO4. The number of hydrogen-bond acceptors (Lipinski definition) is 5. The van der Waals surface area contributed by atoms with Crippen molar-refractivity contribution in [2.75, 3.05) is 19.8 Å². The predicted octanol–water partition coefficient (Wildman–Crippen LogP) is 5.08. The van der Waals surface area contributed by atoms with E-state index in [0.29, 0.717) is 44.6 Å². The number of nitrogens with zero attached hydrogens (tertiary/aromatic N) is 1. The third kappa shape index (κ3) is 5.60. The molecule has 0 unspecified atom stereocenters. The summed E-state index contributed by atoms with van der Waals surface area (Å²) in [5, 5.41) is 10.2. The number of aliphatic hydroxyl groups excluding tert-OH is 1. The first-order valence-electron chi connectivity index (χ1n) is 10.2. The number of hydrogen-bond donors (Lipinski definition) is 1. The molecule has 0 heterocycles. The SMILES string of the molecule is CCOc1ccc(CCN=C2CC(C)(C)CC(=O)C2=C(O)CC)cc1OCC. The van der Waals surface area contributed by atoms with Crippen LogP contribution in [0, 0.1) is 5.41 Å². The second kappa shape index (κ2) is 9.76. The van der Waals surface area contributed by atoms with Gasteiger partial charge in [-0.3, -0.25) is 9.79 Å². The van der Waals surface area contributed by atoms with Crippen LogP contribution in [0.5, 0.6) is 11.5 Å². The summed E-state index contributed by atoms with van der Waals surface area (Å²) in [6, 6.07) is 5.94. The summed E-state index contributed by atoms with van der Waals surface area (Å²) in [7, 11) is 0. The van der Waals surface area contributed by atoms with Crippen LogP contribution in [-0.4, -0.2) is 36.4 Å². The molecule has 5 heteroatoms. The van der Waals surface area contributed by atoms with Gasteiger partial charge in [0.15, 0.2) is 17.3 Å². The molecule has 0 bridgehead atoms. The minimum Gasteiger partial charge on any atom is -0.512 e. The molecule has 0 aliphatic heterocycles. The van der Waals surface area contributed by atoms with Gasteiger partial charge >= 0.3 is 0 Å². The summed E-state index contributed by atoms with van der Waals surface area (Å²) in [5.74, 6) is 1.64. The Hall–Kier alpha value is -2.30. The fourth-order valence-corrected chi connectivity index (χ4v) is 3.50. The maximum absolute atomic E-state index is 12.5. The molecule has 154 valence electrons. The summed E-state index contributed by atoms with van der Waals surface area (Å²) in [6.45, 7) is 11.6. The molecule has 1 aliphatic carbocycles. The molecule has 1 aliphatic rings. The fourth-order valence-electron chi connectivity index (χ4n) is 3.50. The van der Waals surface area contributed by atoms with E-state index in [1.807, 2.05) is 39.0 Å². The van der Waals surface area contributed by atoms with Gasteiger partial charge in [-0.2, -0.15) is 0 Å². The van der Waals surface area contributed by atoms with Gasteiger partial charge in [-0.15, -0.1) is 0 Å². The molecule has 2 rings (SSSR count). The van der Waals surface area contributed by atoms with E-state index in [4.69, 9.17) is 14.5 Å². The van der Waals surface area contributed by atoms with Gasteiger partial charge in [0.05, 0.1) is 18.8 Å². The lowest BCUT2D eigenvalue weighted by Gasteiger charge is -2.31. The Kier molecular flexibility index (Phi) is 7.67. The number of ether oxygens (including phenoxy) is 2. The predicted molar refractivity (Wildman–Crippen MR) is 113 cm³/mol. The van der Waals surface area contributed by atoms with Crippen LogP contribution in [0.3, 0.4) is 0 Å². The zero-order chi connectivity index (χ0) is 20.7. The van der Waals surface area contributed by atoms with Crippen molar-refractivity contribution < 1.29 is 19.4 Å². The van der Waals surface area contributed by atoms with E-state index in [2.05, 4.69) is 13.8 Å². The zero-order valence-electron chi connectivity index (χ0n) is 17.8. The first-order valence-corrected chi connectivity index (χ1v) is 10.2. The van der Waals surface area contributed by atoms with Crippen LogP contribution in [0.25, 0.3) is 0 Å². The lowest BCUT2D eigenvalue weighted by atomic mass is 9.73. The third-order valence-electron chi connectivity index (χ3n) is 4.79. The van der Waals surface area contributed by atoms with Crippen molar-refractivity contribution >= 4 is 11.5 Å².